The lowest BCUT2D eigenvalue weighted by atomic mass is 10.0. The van der Waals surface area contributed by atoms with Crippen LogP contribution in [0.5, 0.6) is 0 Å². The van der Waals surface area contributed by atoms with Crippen molar-refractivity contribution < 1.29 is 19.8 Å². The highest BCUT2D eigenvalue weighted by molar-refractivity contribution is 9.08. The molecule has 1 aromatic carbocycles. The highest BCUT2D eigenvalue weighted by Gasteiger charge is 2.18. The van der Waals surface area contributed by atoms with Crippen LogP contribution in [0.4, 0.5) is 0 Å². The van der Waals surface area contributed by atoms with Crippen LogP contribution in [0.15, 0.2) is 18.2 Å². The third kappa shape index (κ3) is 1.93. The summed E-state index contributed by atoms with van der Waals surface area (Å²) in [6.45, 7) is 0. The van der Waals surface area contributed by atoms with Gasteiger partial charge in [-0.2, -0.15) is 0 Å². The van der Waals surface area contributed by atoms with E-state index in [1.165, 1.54) is 12.1 Å². The Balaban J connectivity index is 3.43. The van der Waals surface area contributed by atoms with Crippen molar-refractivity contribution in [3.63, 3.8) is 0 Å². The van der Waals surface area contributed by atoms with Gasteiger partial charge in [-0.1, -0.05) is 28.1 Å². The number of benzene rings is 1. The lowest BCUT2D eigenvalue weighted by Crippen LogP contribution is -2.10. The average molecular weight is 259 g/mol. The molecule has 0 unspecified atom stereocenters. The van der Waals surface area contributed by atoms with Gasteiger partial charge in [0.15, 0.2) is 0 Å². The van der Waals surface area contributed by atoms with Crippen LogP contribution in [0.1, 0.15) is 26.3 Å². The minimum absolute atomic E-state index is 0.156. The van der Waals surface area contributed by atoms with Gasteiger partial charge in [-0.05, 0) is 11.6 Å². The van der Waals surface area contributed by atoms with Gasteiger partial charge in [-0.25, -0.2) is 9.59 Å². The molecular weight excluding hydrogens is 252 g/mol. The highest BCUT2D eigenvalue weighted by atomic mass is 79.9. The fourth-order valence-electron chi connectivity index (χ4n) is 1.14. The molecule has 5 heteroatoms. The van der Waals surface area contributed by atoms with E-state index in [4.69, 9.17) is 10.2 Å². The van der Waals surface area contributed by atoms with Crippen LogP contribution < -0.4 is 0 Å². The predicted octanol–water partition coefficient (Wildman–Crippen LogP) is 1.98. The van der Waals surface area contributed by atoms with Crippen LogP contribution in [0.3, 0.4) is 0 Å². The van der Waals surface area contributed by atoms with E-state index in [1.807, 2.05) is 0 Å². The van der Waals surface area contributed by atoms with Crippen LogP contribution in [-0.4, -0.2) is 22.2 Å². The fourth-order valence-corrected chi connectivity index (χ4v) is 1.61. The largest absolute Gasteiger partial charge is 0.478 e. The summed E-state index contributed by atoms with van der Waals surface area (Å²) in [5.74, 6) is -2.46. The van der Waals surface area contributed by atoms with E-state index < -0.39 is 11.9 Å². The van der Waals surface area contributed by atoms with Gasteiger partial charge in [0.1, 0.15) is 0 Å². The number of hydrogen-bond donors (Lipinski definition) is 2. The molecule has 0 fully saturated rings. The molecule has 0 heterocycles. The molecule has 0 aliphatic rings. The molecule has 0 aromatic heterocycles. The Kier molecular flexibility index (Phi) is 3.24. The van der Waals surface area contributed by atoms with Crippen LogP contribution in [0.25, 0.3) is 0 Å². The minimum atomic E-state index is -1.23. The standard InChI is InChI=1S/C9H7BrO4/c10-4-5-2-1-3-6(8(11)12)7(5)9(13)14/h1-3H,4H2,(H,11,12)(H,13,14). The van der Waals surface area contributed by atoms with E-state index in [-0.39, 0.29) is 11.1 Å². The molecule has 0 aliphatic heterocycles. The van der Waals surface area contributed by atoms with Crippen molar-refractivity contribution in [1.82, 2.24) is 0 Å². The SMILES string of the molecule is O=C(O)c1cccc(CBr)c1C(=O)O. The second-order valence-electron chi connectivity index (χ2n) is 2.58. The molecule has 0 aliphatic carbocycles. The van der Waals surface area contributed by atoms with Crippen molar-refractivity contribution in [2.24, 2.45) is 0 Å². The molecule has 14 heavy (non-hydrogen) atoms. The zero-order valence-electron chi connectivity index (χ0n) is 7.03. The number of alkyl halides is 1. The van der Waals surface area contributed by atoms with Gasteiger partial charge < -0.3 is 10.2 Å². The van der Waals surface area contributed by atoms with E-state index in [0.717, 1.165) is 0 Å². The number of rotatable bonds is 3. The zero-order valence-corrected chi connectivity index (χ0v) is 8.61. The monoisotopic (exact) mass is 258 g/mol. The summed E-state index contributed by atoms with van der Waals surface area (Å²) in [5.41, 5.74) is 0.115. The van der Waals surface area contributed by atoms with Crippen molar-refractivity contribution in [3.8, 4) is 0 Å². The molecule has 0 saturated carbocycles. The molecular formula is C9H7BrO4. The molecule has 0 spiro atoms. The van der Waals surface area contributed by atoms with Gasteiger partial charge in [0.05, 0.1) is 11.1 Å². The normalized spacial score (nSPS) is 9.79. The van der Waals surface area contributed by atoms with Gasteiger partial charge in [0.25, 0.3) is 0 Å². The summed E-state index contributed by atoms with van der Waals surface area (Å²) < 4.78 is 0. The predicted molar refractivity (Wildman–Crippen MR) is 53.0 cm³/mol. The lowest BCUT2D eigenvalue weighted by molar-refractivity contribution is 0.0650. The zero-order chi connectivity index (χ0) is 10.7. The average Bonchev–Trinajstić information content (AvgIpc) is 2.16. The molecule has 0 amide bonds. The van der Waals surface area contributed by atoms with E-state index in [0.29, 0.717) is 10.9 Å². The summed E-state index contributed by atoms with van der Waals surface area (Å²) >= 11 is 3.10. The number of carboxylic acid groups (broad SMARTS) is 2. The first-order chi connectivity index (χ1) is 6.57. The molecule has 0 saturated heterocycles. The summed E-state index contributed by atoms with van der Waals surface area (Å²) in [5, 5.41) is 17.9. The number of carbonyl (C=O) groups is 2. The summed E-state index contributed by atoms with van der Waals surface area (Å²) in [6.07, 6.45) is 0. The molecule has 0 radical (unpaired) electrons. The first kappa shape index (κ1) is 10.7. The number of halogens is 1. The summed E-state index contributed by atoms with van der Waals surface area (Å²) in [6, 6.07) is 4.37. The van der Waals surface area contributed by atoms with E-state index in [9.17, 15) is 9.59 Å². The van der Waals surface area contributed by atoms with Crippen molar-refractivity contribution in [1.29, 1.82) is 0 Å². The van der Waals surface area contributed by atoms with Gasteiger partial charge in [0.2, 0.25) is 0 Å². The Hall–Kier alpha value is -1.36. The molecule has 1 aromatic rings. The topological polar surface area (TPSA) is 74.6 Å². The summed E-state index contributed by atoms with van der Waals surface area (Å²) in [7, 11) is 0. The maximum Gasteiger partial charge on any atom is 0.336 e. The quantitative estimate of drug-likeness (QED) is 0.814. The Bertz CT molecular complexity index is 386. The Morgan fingerprint density at radius 3 is 2.29 bits per heavy atom. The van der Waals surface area contributed by atoms with Crippen LogP contribution >= 0.6 is 15.9 Å². The maximum atomic E-state index is 10.8. The lowest BCUT2D eigenvalue weighted by Gasteiger charge is -2.05. The van der Waals surface area contributed by atoms with Crippen molar-refractivity contribution in [2.45, 2.75) is 5.33 Å². The Morgan fingerprint density at radius 1 is 1.21 bits per heavy atom. The third-order valence-electron chi connectivity index (χ3n) is 1.74. The van der Waals surface area contributed by atoms with E-state index in [1.54, 1.807) is 6.07 Å². The second-order valence-corrected chi connectivity index (χ2v) is 3.14. The fraction of sp³-hybridized carbons (Fsp3) is 0.111. The van der Waals surface area contributed by atoms with Crippen molar-refractivity contribution in [2.75, 3.05) is 0 Å². The maximum absolute atomic E-state index is 10.8. The molecule has 1 rings (SSSR count). The van der Waals surface area contributed by atoms with Gasteiger partial charge in [0, 0.05) is 5.33 Å². The Labute approximate surface area is 88.3 Å². The van der Waals surface area contributed by atoms with Crippen molar-refractivity contribution >= 4 is 27.9 Å². The van der Waals surface area contributed by atoms with E-state index >= 15 is 0 Å². The van der Waals surface area contributed by atoms with Crippen molar-refractivity contribution in [3.05, 3.63) is 34.9 Å². The van der Waals surface area contributed by atoms with Crippen LogP contribution in [-0.2, 0) is 5.33 Å². The molecule has 4 nitrogen and oxygen atoms in total. The summed E-state index contributed by atoms with van der Waals surface area (Å²) in [4.78, 5) is 21.5. The number of aromatic carboxylic acids is 2. The van der Waals surface area contributed by atoms with Gasteiger partial charge in [-0.15, -0.1) is 0 Å². The third-order valence-corrected chi connectivity index (χ3v) is 2.34. The molecule has 74 valence electrons. The van der Waals surface area contributed by atoms with E-state index in [2.05, 4.69) is 15.9 Å². The highest BCUT2D eigenvalue weighted by Crippen LogP contribution is 2.17. The van der Waals surface area contributed by atoms with Gasteiger partial charge >= 0.3 is 11.9 Å². The minimum Gasteiger partial charge on any atom is -0.478 e. The van der Waals surface area contributed by atoms with Gasteiger partial charge in [-0.3, -0.25) is 0 Å². The van der Waals surface area contributed by atoms with Crippen LogP contribution in [0, 0.1) is 0 Å². The first-order valence-corrected chi connectivity index (χ1v) is 4.84. The van der Waals surface area contributed by atoms with Crippen LogP contribution in [0.2, 0.25) is 0 Å². The smallest absolute Gasteiger partial charge is 0.336 e. The molecule has 2 N–H and O–H groups in total. The first-order valence-electron chi connectivity index (χ1n) is 3.72. The molecule has 0 atom stereocenters. The Morgan fingerprint density at radius 2 is 1.86 bits per heavy atom. The number of hydrogen-bond acceptors (Lipinski definition) is 2. The molecule has 0 bridgehead atoms. The second kappa shape index (κ2) is 4.23. The number of carboxylic acids is 2.